The molecule has 0 aliphatic carbocycles. The Bertz CT molecular complexity index is 739. The van der Waals surface area contributed by atoms with Gasteiger partial charge in [-0.25, -0.2) is 0 Å². The van der Waals surface area contributed by atoms with Crippen LogP contribution in [-0.2, 0) is 5.41 Å². The fourth-order valence-electron chi connectivity index (χ4n) is 2.89. The number of benzene rings is 2. The first-order chi connectivity index (χ1) is 12.5. The molecule has 0 aliphatic rings. The lowest BCUT2D eigenvalue weighted by molar-refractivity contribution is 0.475. The average Bonchev–Trinajstić information content (AvgIpc) is 2.66. The Morgan fingerprint density at radius 1 is 1.19 bits per heavy atom. The molecule has 0 saturated carbocycles. The molecule has 0 spiro atoms. The molecular weight excluding hydrogens is 322 g/mol. The molecule has 0 amide bonds. The Labute approximate surface area is 156 Å². The number of para-hydroxylation sites is 1. The molecule has 0 fully saturated rings. The van der Waals surface area contributed by atoms with E-state index < -0.39 is 0 Å². The number of phenols is 1. The second-order valence-electron chi connectivity index (χ2n) is 6.67. The first kappa shape index (κ1) is 19.6. The van der Waals surface area contributed by atoms with Crippen molar-refractivity contribution in [2.24, 2.45) is 5.10 Å². The van der Waals surface area contributed by atoms with Gasteiger partial charge in [-0.1, -0.05) is 38.1 Å². The van der Waals surface area contributed by atoms with Gasteiger partial charge in [0, 0.05) is 25.5 Å². The van der Waals surface area contributed by atoms with E-state index in [0.29, 0.717) is 0 Å². The fraction of sp³-hybridized carbons (Fsp3) is 0.318. The SMILES string of the molecule is C=CCNc1ccccc1C(C)(CC)C/C=N/N(C)c1ccc(O)cc1. The molecule has 0 aliphatic heterocycles. The van der Waals surface area contributed by atoms with Crippen molar-refractivity contribution in [3.63, 3.8) is 0 Å². The van der Waals surface area contributed by atoms with E-state index >= 15 is 0 Å². The number of hydrogen-bond acceptors (Lipinski definition) is 4. The molecule has 1 unspecified atom stereocenters. The van der Waals surface area contributed by atoms with Crippen molar-refractivity contribution in [3.8, 4) is 5.75 Å². The molecule has 2 rings (SSSR count). The summed E-state index contributed by atoms with van der Waals surface area (Å²) in [6.07, 6.45) is 5.68. The van der Waals surface area contributed by atoms with Crippen LogP contribution in [0.1, 0.15) is 32.3 Å². The minimum atomic E-state index is -0.00986. The van der Waals surface area contributed by atoms with Gasteiger partial charge >= 0.3 is 0 Å². The molecule has 0 radical (unpaired) electrons. The second-order valence-corrected chi connectivity index (χ2v) is 6.67. The van der Waals surface area contributed by atoms with Crippen molar-refractivity contribution in [1.29, 1.82) is 0 Å². The highest BCUT2D eigenvalue weighted by Crippen LogP contribution is 2.35. The zero-order chi connectivity index (χ0) is 19.0. The highest BCUT2D eigenvalue weighted by molar-refractivity contribution is 5.65. The molecule has 0 saturated heterocycles. The van der Waals surface area contributed by atoms with Crippen LogP contribution in [0, 0.1) is 0 Å². The quantitative estimate of drug-likeness (QED) is 0.372. The maximum atomic E-state index is 9.40. The van der Waals surface area contributed by atoms with Crippen molar-refractivity contribution in [2.75, 3.05) is 23.9 Å². The smallest absolute Gasteiger partial charge is 0.115 e. The summed E-state index contributed by atoms with van der Waals surface area (Å²) in [6.45, 7) is 9.01. The van der Waals surface area contributed by atoms with Crippen LogP contribution in [0.3, 0.4) is 0 Å². The summed E-state index contributed by atoms with van der Waals surface area (Å²) in [6, 6.07) is 15.5. The number of hydrogen-bond donors (Lipinski definition) is 2. The van der Waals surface area contributed by atoms with Crippen LogP contribution in [-0.4, -0.2) is 24.9 Å². The van der Waals surface area contributed by atoms with Crippen LogP contribution < -0.4 is 10.3 Å². The van der Waals surface area contributed by atoms with E-state index in [2.05, 4.69) is 55.1 Å². The average molecular weight is 351 g/mol. The van der Waals surface area contributed by atoms with Gasteiger partial charge in [-0.05, 0) is 54.2 Å². The highest BCUT2D eigenvalue weighted by Gasteiger charge is 2.26. The van der Waals surface area contributed by atoms with Crippen molar-refractivity contribution in [1.82, 2.24) is 0 Å². The Balaban J connectivity index is 2.14. The Morgan fingerprint density at radius 3 is 2.54 bits per heavy atom. The summed E-state index contributed by atoms with van der Waals surface area (Å²) in [5.74, 6) is 0.258. The van der Waals surface area contributed by atoms with E-state index in [1.807, 2.05) is 36.5 Å². The molecule has 1 atom stereocenters. The minimum absolute atomic E-state index is 0.00986. The van der Waals surface area contributed by atoms with Crippen molar-refractivity contribution >= 4 is 17.6 Å². The van der Waals surface area contributed by atoms with E-state index in [9.17, 15) is 5.11 Å². The van der Waals surface area contributed by atoms with Crippen LogP contribution in [0.25, 0.3) is 0 Å². The molecule has 0 aromatic heterocycles. The lowest BCUT2D eigenvalue weighted by Crippen LogP contribution is -2.24. The molecule has 138 valence electrons. The maximum absolute atomic E-state index is 9.40. The van der Waals surface area contributed by atoms with Crippen LogP contribution in [0.15, 0.2) is 66.3 Å². The van der Waals surface area contributed by atoms with E-state index in [0.717, 1.165) is 30.8 Å². The summed E-state index contributed by atoms with van der Waals surface area (Å²) in [4.78, 5) is 0. The van der Waals surface area contributed by atoms with E-state index in [1.165, 1.54) is 5.56 Å². The molecule has 2 aromatic carbocycles. The topological polar surface area (TPSA) is 47.9 Å². The van der Waals surface area contributed by atoms with Gasteiger partial charge in [0.25, 0.3) is 0 Å². The number of anilines is 2. The molecule has 0 bridgehead atoms. The van der Waals surface area contributed by atoms with Crippen LogP contribution in [0.5, 0.6) is 5.75 Å². The number of rotatable bonds is 9. The maximum Gasteiger partial charge on any atom is 0.115 e. The summed E-state index contributed by atoms with van der Waals surface area (Å²) in [7, 11) is 1.91. The summed E-state index contributed by atoms with van der Waals surface area (Å²) in [5.41, 5.74) is 3.37. The van der Waals surface area contributed by atoms with E-state index in [1.54, 1.807) is 12.1 Å². The monoisotopic (exact) mass is 351 g/mol. The third-order valence-electron chi connectivity index (χ3n) is 4.81. The van der Waals surface area contributed by atoms with Gasteiger partial charge in [0.05, 0.1) is 5.69 Å². The first-order valence-corrected chi connectivity index (χ1v) is 8.99. The fourth-order valence-corrected chi connectivity index (χ4v) is 2.89. The number of aromatic hydroxyl groups is 1. The predicted octanol–water partition coefficient (Wildman–Crippen LogP) is 5.17. The zero-order valence-corrected chi connectivity index (χ0v) is 15.9. The number of hydrazone groups is 1. The van der Waals surface area contributed by atoms with Gasteiger partial charge in [0.2, 0.25) is 0 Å². The third-order valence-corrected chi connectivity index (χ3v) is 4.81. The van der Waals surface area contributed by atoms with Gasteiger partial charge in [-0.2, -0.15) is 5.10 Å². The minimum Gasteiger partial charge on any atom is -0.508 e. The van der Waals surface area contributed by atoms with Gasteiger partial charge in [0.1, 0.15) is 5.75 Å². The van der Waals surface area contributed by atoms with Crippen molar-refractivity contribution in [2.45, 2.75) is 32.1 Å². The van der Waals surface area contributed by atoms with Crippen molar-refractivity contribution < 1.29 is 5.11 Å². The van der Waals surface area contributed by atoms with E-state index in [-0.39, 0.29) is 11.2 Å². The van der Waals surface area contributed by atoms with E-state index in [4.69, 9.17) is 0 Å². The van der Waals surface area contributed by atoms with Gasteiger partial charge in [-0.15, -0.1) is 6.58 Å². The molecule has 26 heavy (non-hydrogen) atoms. The normalized spacial score (nSPS) is 13.3. The molecule has 2 N–H and O–H groups in total. The molecule has 0 heterocycles. The van der Waals surface area contributed by atoms with Crippen LogP contribution >= 0.6 is 0 Å². The third kappa shape index (κ3) is 4.88. The molecular formula is C22H29N3O. The largest absolute Gasteiger partial charge is 0.508 e. The molecule has 2 aromatic rings. The summed E-state index contributed by atoms with van der Waals surface area (Å²) in [5, 5.41) is 19.2. The standard InChI is InChI=1S/C22H29N3O/c1-5-16-23-21-10-8-7-9-20(21)22(3,6-2)15-17-24-25(4)18-11-13-19(26)14-12-18/h5,7-14,17,23,26H,1,6,15-16H2,2-4H3/b24-17+. The molecule has 4 nitrogen and oxygen atoms in total. The number of nitrogens with zero attached hydrogens (tertiary/aromatic N) is 2. The lowest BCUT2D eigenvalue weighted by atomic mass is 9.77. The summed E-state index contributed by atoms with van der Waals surface area (Å²) >= 11 is 0. The number of nitrogens with one attached hydrogen (secondary N) is 1. The van der Waals surface area contributed by atoms with Crippen LogP contribution in [0.4, 0.5) is 11.4 Å². The van der Waals surface area contributed by atoms with Gasteiger partial charge < -0.3 is 10.4 Å². The Hall–Kier alpha value is -2.75. The second kappa shape index (κ2) is 9.09. The summed E-state index contributed by atoms with van der Waals surface area (Å²) < 4.78 is 0. The van der Waals surface area contributed by atoms with Crippen LogP contribution in [0.2, 0.25) is 0 Å². The van der Waals surface area contributed by atoms with Gasteiger partial charge in [0.15, 0.2) is 0 Å². The Morgan fingerprint density at radius 2 is 1.88 bits per heavy atom. The van der Waals surface area contributed by atoms with Gasteiger partial charge in [-0.3, -0.25) is 5.01 Å². The number of phenolic OH excluding ortho intramolecular Hbond substituents is 1. The van der Waals surface area contributed by atoms with Crippen molar-refractivity contribution in [3.05, 3.63) is 66.7 Å². The highest BCUT2D eigenvalue weighted by atomic mass is 16.3. The Kier molecular flexibility index (Phi) is 6.84. The zero-order valence-electron chi connectivity index (χ0n) is 15.9. The predicted molar refractivity (Wildman–Crippen MR) is 112 cm³/mol. The molecule has 4 heteroatoms. The first-order valence-electron chi connectivity index (χ1n) is 8.99. The lowest BCUT2D eigenvalue weighted by Gasteiger charge is -2.30.